The van der Waals surface area contributed by atoms with Crippen molar-refractivity contribution >= 4 is 5.97 Å². The summed E-state index contributed by atoms with van der Waals surface area (Å²) < 4.78 is 22.7. The average Bonchev–Trinajstić information content (AvgIpc) is 2.91. The smallest absolute Gasteiger partial charge is 0.349 e. The quantitative estimate of drug-likeness (QED) is 0.200. The molecule has 0 radical (unpaired) electrons. The van der Waals surface area contributed by atoms with Crippen LogP contribution < -0.4 is 24.7 Å². The first-order valence-electron chi connectivity index (χ1n) is 12.7. The standard InChI is InChI=1S/C31H32N2O5/c1-4-5-6-16-35-23-12-10-22(11-13-23)30-25-15-14-24(17-28(25)38-31(33)26(30)18-32)37-29(34)19-36-27-9-7-8-20(2)21(27)3/h7-15,17,30H,4-6,16,19,33H2,1-3H3. The maximum Gasteiger partial charge on any atom is 0.349 e. The highest BCUT2D eigenvalue weighted by Gasteiger charge is 2.31. The average molecular weight is 513 g/mol. The van der Waals surface area contributed by atoms with E-state index in [0.29, 0.717) is 29.4 Å². The van der Waals surface area contributed by atoms with Crippen molar-refractivity contribution in [2.45, 2.75) is 46.0 Å². The van der Waals surface area contributed by atoms with Gasteiger partial charge in [-0.1, -0.05) is 50.1 Å². The number of carbonyl (C=O) groups is 1. The van der Waals surface area contributed by atoms with Gasteiger partial charge in [0.2, 0.25) is 5.88 Å². The molecule has 1 atom stereocenters. The summed E-state index contributed by atoms with van der Waals surface area (Å²) >= 11 is 0. The van der Waals surface area contributed by atoms with Gasteiger partial charge in [0, 0.05) is 11.6 Å². The Morgan fingerprint density at radius 1 is 1.03 bits per heavy atom. The fourth-order valence-corrected chi connectivity index (χ4v) is 4.32. The minimum atomic E-state index is -0.547. The zero-order valence-corrected chi connectivity index (χ0v) is 22.0. The van der Waals surface area contributed by atoms with E-state index in [1.807, 2.05) is 56.3 Å². The number of nitriles is 1. The van der Waals surface area contributed by atoms with Crippen LogP contribution in [0.3, 0.4) is 0 Å². The molecule has 38 heavy (non-hydrogen) atoms. The van der Waals surface area contributed by atoms with Crippen LogP contribution in [0.15, 0.2) is 72.1 Å². The summed E-state index contributed by atoms with van der Waals surface area (Å²) in [6.45, 7) is 6.50. The number of rotatable bonds is 10. The normalized spacial score (nSPS) is 14.2. The first-order valence-corrected chi connectivity index (χ1v) is 12.7. The molecule has 0 saturated heterocycles. The van der Waals surface area contributed by atoms with Crippen LogP contribution in [0.1, 0.15) is 54.4 Å². The van der Waals surface area contributed by atoms with Gasteiger partial charge in [0.25, 0.3) is 0 Å². The number of ether oxygens (including phenoxy) is 4. The molecule has 0 saturated carbocycles. The van der Waals surface area contributed by atoms with Crippen LogP contribution in [-0.2, 0) is 4.79 Å². The number of carbonyl (C=O) groups excluding carboxylic acids is 1. The lowest BCUT2D eigenvalue weighted by molar-refractivity contribution is -0.136. The molecule has 1 heterocycles. The number of nitrogens with two attached hydrogens (primary N) is 1. The number of unbranched alkanes of at least 4 members (excludes halogenated alkanes) is 2. The summed E-state index contributed by atoms with van der Waals surface area (Å²) in [4.78, 5) is 12.5. The first kappa shape index (κ1) is 26.6. The summed E-state index contributed by atoms with van der Waals surface area (Å²) in [6.07, 6.45) is 3.27. The van der Waals surface area contributed by atoms with E-state index in [-0.39, 0.29) is 12.5 Å². The van der Waals surface area contributed by atoms with Gasteiger partial charge in [-0.05, 0) is 61.2 Å². The van der Waals surface area contributed by atoms with Crippen molar-refractivity contribution in [3.05, 3.63) is 94.4 Å². The molecule has 1 aliphatic heterocycles. The molecule has 2 N–H and O–H groups in total. The van der Waals surface area contributed by atoms with Gasteiger partial charge in [-0.3, -0.25) is 0 Å². The topological polar surface area (TPSA) is 104 Å². The SMILES string of the molecule is CCCCCOc1ccc(C2C(C#N)=C(N)Oc3cc(OC(=O)COc4cccc(C)c4C)ccc32)cc1. The molecule has 1 unspecified atom stereocenters. The second-order valence-corrected chi connectivity index (χ2v) is 9.21. The molecule has 1 aliphatic rings. The van der Waals surface area contributed by atoms with Crippen molar-refractivity contribution in [3.8, 4) is 29.1 Å². The van der Waals surface area contributed by atoms with E-state index in [4.69, 9.17) is 24.7 Å². The third-order valence-electron chi connectivity index (χ3n) is 6.55. The fraction of sp³-hybridized carbons (Fsp3) is 0.290. The van der Waals surface area contributed by atoms with Crippen LogP contribution in [-0.4, -0.2) is 19.2 Å². The van der Waals surface area contributed by atoms with Crippen molar-refractivity contribution < 1.29 is 23.7 Å². The lowest BCUT2D eigenvalue weighted by atomic mass is 9.83. The van der Waals surface area contributed by atoms with Crippen molar-refractivity contribution in [2.24, 2.45) is 5.73 Å². The maximum absolute atomic E-state index is 12.5. The van der Waals surface area contributed by atoms with Gasteiger partial charge < -0.3 is 24.7 Å². The molecule has 0 bridgehead atoms. The second-order valence-electron chi connectivity index (χ2n) is 9.21. The Morgan fingerprint density at radius 3 is 2.53 bits per heavy atom. The number of fused-ring (bicyclic) bond motifs is 1. The molecule has 7 nitrogen and oxygen atoms in total. The van der Waals surface area contributed by atoms with Crippen LogP contribution in [0.25, 0.3) is 0 Å². The Labute approximate surface area is 223 Å². The van der Waals surface area contributed by atoms with Crippen molar-refractivity contribution in [2.75, 3.05) is 13.2 Å². The minimum absolute atomic E-state index is 0.0200. The van der Waals surface area contributed by atoms with Crippen LogP contribution in [0.2, 0.25) is 0 Å². The molecule has 0 aliphatic carbocycles. The van der Waals surface area contributed by atoms with Gasteiger partial charge in [-0.15, -0.1) is 0 Å². The van der Waals surface area contributed by atoms with Crippen LogP contribution in [0.4, 0.5) is 0 Å². The van der Waals surface area contributed by atoms with Crippen molar-refractivity contribution in [1.82, 2.24) is 0 Å². The molecule has 196 valence electrons. The maximum atomic E-state index is 12.5. The van der Waals surface area contributed by atoms with Gasteiger partial charge in [-0.25, -0.2) is 4.79 Å². The third-order valence-corrected chi connectivity index (χ3v) is 6.55. The monoisotopic (exact) mass is 512 g/mol. The van der Waals surface area contributed by atoms with Crippen LogP contribution in [0.5, 0.6) is 23.0 Å². The molecule has 0 aromatic heterocycles. The highest BCUT2D eigenvalue weighted by Crippen LogP contribution is 2.43. The number of hydrogen-bond donors (Lipinski definition) is 1. The van der Waals surface area contributed by atoms with Crippen molar-refractivity contribution in [3.63, 3.8) is 0 Å². The van der Waals surface area contributed by atoms with E-state index >= 15 is 0 Å². The van der Waals surface area contributed by atoms with E-state index in [0.717, 1.165) is 47.3 Å². The predicted molar refractivity (Wildman–Crippen MR) is 144 cm³/mol. The second kappa shape index (κ2) is 12.2. The Kier molecular flexibility index (Phi) is 8.55. The molecular formula is C31H32N2O5. The largest absolute Gasteiger partial charge is 0.494 e. The van der Waals surface area contributed by atoms with Crippen molar-refractivity contribution in [1.29, 1.82) is 5.26 Å². The Balaban J connectivity index is 1.49. The molecule has 3 aromatic carbocycles. The highest BCUT2D eigenvalue weighted by atomic mass is 16.6. The third kappa shape index (κ3) is 6.09. The van der Waals surface area contributed by atoms with Gasteiger partial charge in [0.05, 0.1) is 12.5 Å². The summed E-state index contributed by atoms with van der Waals surface area (Å²) in [5, 5.41) is 9.83. The zero-order valence-electron chi connectivity index (χ0n) is 22.0. The van der Waals surface area contributed by atoms with Crippen LogP contribution in [0, 0.1) is 25.2 Å². The first-order chi connectivity index (χ1) is 18.4. The Bertz CT molecular complexity index is 1370. The lowest BCUT2D eigenvalue weighted by Gasteiger charge is -2.26. The number of allylic oxidation sites excluding steroid dienone is 1. The fourth-order valence-electron chi connectivity index (χ4n) is 4.32. The van der Waals surface area contributed by atoms with E-state index in [1.54, 1.807) is 18.2 Å². The molecular weight excluding hydrogens is 480 g/mol. The number of nitrogens with zero attached hydrogens (tertiary/aromatic N) is 1. The number of aryl methyl sites for hydroxylation is 1. The van der Waals surface area contributed by atoms with Gasteiger partial charge in [-0.2, -0.15) is 5.26 Å². The summed E-state index contributed by atoms with van der Waals surface area (Å²) in [7, 11) is 0. The molecule has 3 aromatic rings. The molecule has 0 spiro atoms. The molecule has 7 heteroatoms. The van der Waals surface area contributed by atoms with E-state index in [1.165, 1.54) is 0 Å². The number of hydrogen-bond acceptors (Lipinski definition) is 7. The van der Waals surface area contributed by atoms with Gasteiger partial charge in [0.1, 0.15) is 34.6 Å². The van der Waals surface area contributed by atoms with E-state index in [9.17, 15) is 10.1 Å². The molecule has 0 fully saturated rings. The van der Waals surface area contributed by atoms with E-state index < -0.39 is 11.9 Å². The molecule has 0 amide bonds. The minimum Gasteiger partial charge on any atom is -0.494 e. The summed E-state index contributed by atoms with van der Waals surface area (Å²) in [6, 6.07) is 20.6. The highest BCUT2D eigenvalue weighted by molar-refractivity contribution is 5.74. The summed E-state index contributed by atoms with van der Waals surface area (Å²) in [5.41, 5.74) is 10.1. The Morgan fingerprint density at radius 2 is 1.79 bits per heavy atom. The predicted octanol–water partition coefficient (Wildman–Crippen LogP) is 6.08. The van der Waals surface area contributed by atoms with Crippen LogP contribution >= 0.6 is 0 Å². The zero-order chi connectivity index (χ0) is 27.1. The summed E-state index contributed by atoms with van der Waals surface area (Å²) in [5.74, 6) is 1.18. The van der Waals surface area contributed by atoms with Gasteiger partial charge >= 0.3 is 5.97 Å². The number of esters is 1. The molecule has 4 rings (SSSR count). The van der Waals surface area contributed by atoms with E-state index in [2.05, 4.69) is 13.0 Å². The Hall–Kier alpha value is -4.44. The van der Waals surface area contributed by atoms with Gasteiger partial charge in [0.15, 0.2) is 6.61 Å². The lowest BCUT2D eigenvalue weighted by Crippen LogP contribution is -2.21. The number of benzene rings is 3.